The molecule has 1 atom stereocenters. The van der Waals surface area contributed by atoms with Crippen molar-refractivity contribution in [2.45, 2.75) is 19.0 Å². The van der Waals surface area contributed by atoms with Gasteiger partial charge in [0.15, 0.2) is 5.13 Å². The molecular formula is C26H25N5O3S. The highest BCUT2D eigenvalue weighted by Crippen LogP contribution is 2.23. The number of ether oxygens (including phenoxy) is 1. The fourth-order valence-corrected chi connectivity index (χ4v) is 4.04. The fraction of sp³-hybridized carbons (Fsp3) is 0.154. The molecule has 2 heterocycles. The number of pyridine rings is 1. The van der Waals surface area contributed by atoms with E-state index in [-0.39, 0.29) is 18.1 Å². The largest absolute Gasteiger partial charge is 0.497 e. The van der Waals surface area contributed by atoms with E-state index in [1.54, 1.807) is 18.7 Å². The maximum atomic E-state index is 13.0. The van der Waals surface area contributed by atoms with Crippen molar-refractivity contribution in [3.63, 3.8) is 0 Å². The number of carbonyl (C=O) groups is 2. The Morgan fingerprint density at radius 3 is 2.49 bits per heavy atom. The van der Waals surface area contributed by atoms with Gasteiger partial charge in [0.05, 0.1) is 19.3 Å². The summed E-state index contributed by atoms with van der Waals surface area (Å²) in [5.41, 5.74) is 2.73. The summed E-state index contributed by atoms with van der Waals surface area (Å²) in [7, 11) is 1.61. The minimum Gasteiger partial charge on any atom is -0.497 e. The molecule has 0 fully saturated rings. The third-order valence-corrected chi connectivity index (χ3v) is 5.91. The van der Waals surface area contributed by atoms with E-state index in [1.165, 1.54) is 11.3 Å². The number of thiazole rings is 1. The van der Waals surface area contributed by atoms with Gasteiger partial charge in [-0.05, 0) is 42.0 Å². The summed E-state index contributed by atoms with van der Waals surface area (Å²) in [4.78, 5) is 34.6. The Kier molecular flexibility index (Phi) is 8.03. The Labute approximate surface area is 207 Å². The Morgan fingerprint density at radius 2 is 1.77 bits per heavy atom. The summed E-state index contributed by atoms with van der Waals surface area (Å²) in [6.07, 6.45) is 2.02. The lowest BCUT2D eigenvalue weighted by Gasteiger charge is -2.18. The van der Waals surface area contributed by atoms with Crippen molar-refractivity contribution in [1.29, 1.82) is 0 Å². The molecule has 0 saturated carbocycles. The first kappa shape index (κ1) is 23.9. The summed E-state index contributed by atoms with van der Waals surface area (Å²) in [5.74, 6) is 0.0400. The molecule has 0 bridgehead atoms. The lowest BCUT2D eigenvalue weighted by Crippen LogP contribution is -2.48. The van der Waals surface area contributed by atoms with Crippen molar-refractivity contribution in [2.75, 3.05) is 12.4 Å². The number of hydrogen-bond donors (Lipinski definition) is 3. The van der Waals surface area contributed by atoms with Gasteiger partial charge in [0.2, 0.25) is 5.91 Å². The SMILES string of the molecule is COc1ccc(Nc2nc(C(=O)NC(Cc3ccccc3)C(=O)NCc3ccccn3)cs2)cc1. The van der Waals surface area contributed by atoms with Crippen molar-refractivity contribution in [1.82, 2.24) is 20.6 Å². The second-order valence-electron chi connectivity index (χ2n) is 7.65. The van der Waals surface area contributed by atoms with Gasteiger partial charge in [-0.15, -0.1) is 11.3 Å². The molecule has 4 rings (SSSR count). The van der Waals surface area contributed by atoms with Crippen LogP contribution in [0.3, 0.4) is 0 Å². The lowest BCUT2D eigenvalue weighted by atomic mass is 10.0. The van der Waals surface area contributed by atoms with Crippen molar-refractivity contribution in [2.24, 2.45) is 0 Å². The van der Waals surface area contributed by atoms with Crippen LogP contribution in [0.1, 0.15) is 21.7 Å². The molecule has 8 nitrogen and oxygen atoms in total. The van der Waals surface area contributed by atoms with Crippen LogP contribution in [0.5, 0.6) is 5.75 Å². The molecule has 0 saturated heterocycles. The van der Waals surface area contributed by atoms with Gasteiger partial charge in [-0.3, -0.25) is 14.6 Å². The van der Waals surface area contributed by atoms with Gasteiger partial charge in [-0.1, -0.05) is 36.4 Å². The number of aromatic nitrogens is 2. The molecule has 0 aliphatic heterocycles. The number of anilines is 2. The summed E-state index contributed by atoms with van der Waals surface area (Å²) in [6, 6.07) is 21.7. The maximum absolute atomic E-state index is 13.0. The molecule has 0 radical (unpaired) electrons. The van der Waals surface area contributed by atoms with Crippen LogP contribution in [-0.4, -0.2) is 34.9 Å². The van der Waals surface area contributed by atoms with E-state index in [0.717, 1.165) is 22.7 Å². The Morgan fingerprint density at radius 1 is 1.00 bits per heavy atom. The molecule has 9 heteroatoms. The zero-order chi connectivity index (χ0) is 24.5. The van der Waals surface area contributed by atoms with Crippen LogP contribution in [0.2, 0.25) is 0 Å². The van der Waals surface area contributed by atoms with E-state index >= 15 is 0 Å². The number of methoxy groups -OCH3 is 1. The molecule has 178 valence electrons. The molecule has 0 aliphatic carbocycles. The number of benzene rings is 2. The summed E-state index contributed by atoms with van der Waals surface area (Å²) < 4.78 is 5.17. The van der Waals surface area contributed by atoms with Gasteiger partial charge in [-0.2, -0.15) is 0 Å². The number of nitrogens with one attached hydrogen (secondary N) is 3. The first-order chi connectivity index (χ1) is 17.1. The minimum atomic E-state index is -0.770. The second kappa shape index (κ2) is 11.8. The van der Waals surface area contributed by atoms with Gasteiger partial charge >= 0.3 is 0 Å². The van der Waals surface area contributed by atoms with Crippen molar-refractivity contribution in [3.8, 4) is 5.75 Å². The van der Waals surface area contributed by atoms with E-state index in [4.69, 9.17) is 4.74 Å². The van der Waals surface area contributed by atoms with Crippen LogP contribution < -0.4 is 20.7 Å². The van der Waals surface area contributed by atoms with Gasteiger partial charge in [0.25, 0.3) is 5.91 Å². The van der Waals surface area contributed by atoms with Crippen LogP contribution in [-0.2, 0) is 17.8 Å². The number of hydrogen-bond acceptors (Lipinski definition) is 7. The standard InChI is InChI=1S/C26H25N5O3S/c1-34-21-12-10-19(11-13-21)29-26-31-23(17-35-26)25(33)30-22(15-18-7-3-2-4-8-18)24(32)28-16-20-9-5-6-14-27-20/h2-14,17,22H,15-16H2,1H3,(H,28,32)(H,29,31)(H,30,33). The zero-order valence-electron chi connectivity index (χ0n) is 19.1. The quantitative estimate of drug-likeness (QED) is 0.313. The molecule has 1 unspecified atom stereocenters. The first-order valence-electron chi connectivity index (χ1n) is 11.0. The molecule has 35 heavy (non-hydrogen) atoms. The molecule has 2 aromatic heterocycles. The van der Waals surface area contributed by atoms with Crippen LogP contribution >= 0.6 is 11.3 Å². The molecule has 2 amide bonds. The molecular weight excluding hydrogens is 462 g/mol. The van der Waals surface area contributed by atoms with Gasteiger partial charge < -0.3 is 20.7 Å². The molecule has 4 aromatic rings. The number of rotatable bonds is 10. The van der Waals surface area contributed by atoms with E-state index in [1.807, 2.05) is 72.8 Å². The molecule has 3 N–H and O–H groups in total. The average molecular weight is 488 g/mol. The smallest absolute Gasteiger partial charge is 0.271 e. The monoisotopic (exact) mass is 487 g/mol. The normalized spacial score (nSPS) is 11.3. The van der Waals surface area contributed by atoms with Crippen molar-refractivity contribution in [3.05, 3.63) is 101 Å². The first-order valence-corrected chi connectivity index (χ1v) is 11.9. The Bertz CT molecular complexity index is 1250. The Hall–Kier alpha value is -4.24. The number of nitrogens with zero attached hydrogens (tertiary/aromatic N) is 2. The summed E-state index contributed by atoms with van der Waals surface area (Å²) >= 11 is 1.31. The third kappa shape index (κ3) is 6.87. The molecule has 0 aliphatic rings. The maximum Gasteiger partial charge on any atom is 0.271 e. The zero-order valence-corrected chi connectivity index (χ0v) is 19.9. The van der Waals surface area contributed by atoms with E-state index in [2.05, 4.69) is 25.9 Å². The second-order valence-corrected chi connectivity index (χ2v) is 8.50. The predicted octanol–water partition coefficient (Wildman–Crippen LogP) is 3.95. The topological polar surface area (TPSA) is 105 Å². The van der Waals surface area contributed by atoms with E-state index < -0.39 is 11.9 Å². The molecule has 2 aromatic carbocycles. The lowest BCUT2D eigenvalue weighted by molar-refractivity contribution is -0.123. The van der Waals surface area contributed by atoms with E-state index in [0.29, 0.717) is 11.6 Å². The highest BCUT2D eigenvalue weighted by molar-refractivity contribution is 7.14. The number of amides is 2. The summed E-state index contributed by atoms with van der Waals surface area (Å²) in [5, 5.41) is 11.1. The minimum absolute atomic E-state index is 0.238. The highest BCUT2D eigenvalue weighted by Gasteiger charge is 2.23. The van der Waals surface area contributed by atoms with Gasteiger partial charge in [-0.25, -0.2) is 4.98 Å². The van der Waals surface area contributed by atoms with Crippen LogP contribution in [0.25, 0.3) is 0 Å². The predicted molar refractivity (Wildman–Crippen MR) is 136 cm³/mol. The van der Waals surface area contributed by atoms with Gasteiger partial charge in [0.1, 0.15) is 17.5 Å². The Balaban J connectivity index is 1.42. The average Bonchev–Trinajstić information content (AvgIpc) is 3.37. The summed E-state index contributed by atoms with van der Waals surface area (Å²) in [6.45, 7) is 0.271. The van der Waals surface area contributed by atoms with Crippen molar-refractivity contribution < 1.29 is 14.3 Å². The van der Waals surface area contributed by atoms with Crippen molar-refractivity contribution >= 4 is 34.0 Å². The van der Waals surface area contributed by atoms with E-state index in [9.17, 15) is 9.59 Å². The number of carbonyl (C=O) groups excluding carboxylic acids is 2. The van der Waals surface area contributed by atoms with Crippen LogP contribution in [0.15, 0.2) is 84.4 Å². The highest BCUT2D eigenvalue weighted by atomic mass is 32.1. The van der Waals surface area contributed by atoms with Crippen LogP contribution in [0.4, 0.5) is 10.8 Å². The molecule has 0 spiro atoms. The fourth-order valence-electron chi connectivity index (χ4n) is 3.33. The van der Waals surface area contributed by atoms with Gasteiger partial charge in [0, 0.05) is 23.7 Å². The van der Waals surface area contributed by atoms with Crippen LogP contribution in [0, 0.1) is 0 Å². The third-order valence-electron chi connectivity index (χ3n) is 5.15.